The van der Waals surface area contributed by atoms with Crippen molar-refractivity contribution in [2.75, 3.05) is 6.54 Å². The van der Waals surface area contributed by atoms with Crippen LogP contribution in [0.1, 0.15) is 18.1 Å². The first-order valence-electron chi connectivity index (χ1n) is 9.21. The highest BCUT2D eigenvalue weighted by Crippen LogP contribution is 2.30. The second-order valence-electron chi connectivity index (χ2n) is 6.69. The molecule has 0 amide bonds. The van der Waals surface area contributed by atoms with Crippen molar-refractivity contribution in [1.82, 2.24) is 15.1 Å². The number of benzene rings is 3. The molecule has 1 aromatic heterocycles. The van der Waals surface area contributed by atoms with Gasteiger partial charge in [0, 0.05) is 18.1 Å². The lowest BCUT2D eigenvalue weighted by Gasteiger charge is -2.11. The van der Waals surface area contributed by atoms with Crippen LogP contribution < -0.4 is 5.32 Å². The van der Waals surface area contributed by atoms with Crippen molar-refractivity contribution in [2.45, 2.75) is 20.4 Å². The van der Waals surface area contributed by atoms with Gasteiger partial charge < -0.3 is 5.32 Å². The van der Waals surface area contributed by atoms with E-state index in [2.05, 4.69) is 73.9 Å². The molecule has 4 heteroatoms. The van der Waals surface area contributed by atoms with Gasteiger partial charge in [-0.25, -0.2) is 4.68 Å². The zero-order valence-electron chi connectivity index (χ0n) is 15.5. The molecule has 0 spiro atoms. The maximum atomic E-state index is 6.51. The second kappa shape index (κ2) is 7.55. The summed E-state index contributed by atoms with van der Waals surface area (Å²) in [7, 11) is 0. The van der Waals surface area contributed by atoms with Crippen LogP contribution in [0, 0.1) is 6.92 Å². The molecule has 0 aliphatic carbocycles. The molecule has 0 radical (unpaired) electrons. The average Bonchev–Trinajstić information content (AvgIpc) is 3.12. The number of rotatable bonds is 5. The minimum absolute atomic E-state index is 0.691. The predicted molar refractivity (Wildman–Crippen MR) is 114 cm³/mol. The van der Waals surface area contributed by atoms with Gasteiger partial charge in [0.15, 0.2) is 0 Å². The highest BCUT2D eigenvalue weighted by Gasteiger charge is 2.12. The molecule has 1 heterocycles. The molecular formula is C23H22ClN3. The van der Waals surface area contributed by atoms with Crippen molar-refractivity contribution in [2.24, 2.45) is 0 Å². The van der Waals surface area contributed by atoms with Crippen LogP contribution in [-0.2, 0) is 6.54 Å². The monoisotopic (exact) mass is 375 g/mol. The molecular weight excluding hydrogens is 354 g/mol. The van der Waals surface area contributed by atoms with Crippen LogP contribution in [0.15, 0.2) is 66.9 Å². The number of hydrogen-bond acceptors (Lipinski definition) is 2. The Labute approximate surface area is 164 Å². The number of aromatic nitrogens is 2. The Balaban J connectivity index is 1.80. The summed E-state index contributed by atoms with van der Waals surface area (Å²) in [6.45, 7) is 5.98. The zero-order chi connectivity index (χ0) is 18.8. The third-order valence-electron chi connectivity index (χ3n) is 4.84. The lowest BCUT2D eigenvalue weighted by atomic mass is 9.99. The molecule has 0 fully saturated rings. The maximum absolute atomic E-state index is 6.51. The highest BCUT2D eigenvalue weighted by molar-refractivity contribution is 6.35. The Morgan fingerprint density at radius 2 is 1.85 bits per heavy atom. The van der Waals surface area contributed by atoms with Gasteiger partial charge in [0.1, 0.15) is 5.52 Å². The number of nitrogens with zero attached hydrogens (tertiary/aromatic N) is 2. The molecule has 3 aromatic carbocycles. The van der Waals surface area contributed by atoms with E-state index in [0.717, 1.165) is 29.7 Å². The van der Waals surface area contributed by atoms with Crippen LogP contribution in [-0.4, -0.2) is 16.3 Å². The Morgan fingerprint density at radius 1 is 1.04 bits per heavy atom. The third kappa shape index (κ3) is 3.48. The summed E-state index contributed by atoms with van der Waals surface area (Å²) in [5.74, 6) is 0. The largest absolute Gasteiger partial charge is 0.313 e. The number of hydrogen-bond donors (Lipinski definition) is 1. The van der Waals surface area contributed by atoms with E-state index in [0.29, 0.717) is 5.02 Å². The Hall–Kier alpha value is -2.62. The van der Waals surface area contributed by atoms with Crippen molar-refractivity contribution in [3.63, 3.8) is 0 Å². The first-order chi connectivity index (χ1) is 13.2. The van der Waals surface area contributed by atoms with Crippen LogP contribution in [0.3, 0.4) is 0 Å². The molecule has 0 saturated heterocycles. The SMILES string of the molecule is CCNCc1cc(Cl)c2nn(-c3cccc(-c4ccccc4)c3C)cc2c1. The summed E-state index contributed by atoms with van der Waals surface area (Å²) in [6.07, 6.45) is 2.06. The Kier molecular flexibility index (Phi) is 4.97. The normalized spacial score (nSPS) is 11.2. The van der Waals surface area contributed by atoms with Crippen LogP contribution in [0.25, 0.3) is 27.7 Å². The van der Waals surface area contributed by atoms with Gasteiger partial charge >= 0.3 is 0 Å². The van der Waals surface area contributed by atoms with E-state index in [-0.39, 0.29) is 0 Å². The summed E-state index contributed by atoms with van der Waals surface area (Å²) >= 11 is 6.51. The van der Waals surface area contributed by atoms with Gasteiger partial charge in [-0.15, -0.1) is 0 Å². The molecule has 0 unspecified atom stereocenters. The molecule has 3 nitrogen and oxygen atoms in total. The molecule has 0 aliphatic heterocycles. The molecule has 136 valence electrons. The van der Waals surface area contributed by atoms with E-state index < -0.39 is 0 Å². The van der Waals surface area contributed by atoms with Crippen molar-refractivity contribution >= 4 is 22.5 Å². The minimum atomic E-state index is 0.691. The molecule has 0 atom stereocenters. The van der Waals surface area contributed by atoms with E-state index >= 15 is 0 Å². The van der Waals surface area contributed by atoms with Crippen molar-refractivity contribution in [3.8, 4) is 16.8 Å². The first-order valence-corrected chi connectivity index (χ1v) is 9.59. The zero-order valence-corrected chi connectivity index (χ0v) is 16.3. The molecule has 4 rings (SSSR count). The van der Waals surface area contributed by atoms with Crippen LogP contribution in [0.5, 0.6) is 0 Å². The van der Waals surface area contributed by atoms with E-state index in [9.17, 15) is 0 Å². The van der Waals surface area contributed by atoms with Crippen LogP contribution in [0.2, 0.25) is 5.02 Å². The van der Waals surface area contributed by atoms with Gasteiger partial charge in [-0.2, -0.15) is 5.10 Å². The van der Waals surface area contributed by atoms with E-state index in [1.54, 1.807) is 0 Å². The summed E-state index contributed by atoms with van der Waals surface area (Å²) in [4.78, 5) is 0. The number of fused-ring (bicyclic) bond motifs is 1. The number of nitrogens with one attached hydrogen (secondary N) is 1. The van der Waals surface area contributed by atoms with Gasteiger partial charge in [0.25, 0.3) is 0 Å². The predicted octanol–water partition coefficient (Wildman–Crippen LogP) is 5.76. The molecule has 4 aromatic rings. The van der Waals surface area contributed by atoms with Crippen molar-refractivity contribution in [3.05, 3.63) is 83.0 Å². The van der Waals surface area contributed by atoms with Gasteiger partial charge in [0.2, 0.25) is 0 Å². The van der Waals surface area contributed by atoms with E-state index in [1.807, 2.05) is 16.8 Å². The standard InChI is InChI=1S/C23H22ClN3/c1-3-25-14-17-12-19-15-27(26-23(19)21(24)13-17)22-11-7-10-20(16(22)2)18-8-5-4-6-9-18/h4-13,15,25H,3,14H2,1-2H3. The molecule has 1 N–H and O–H groups in total. The fourth-order valence-electron chi connectivity index (χ4n) is 3.45. The smallest absolute Gasteiger partial charge is 0.111 e. The highest BCUT2D eigenvalue weighted by atomic mass is 35.5. The van der Waals surface area contributed by atoms with Crippen LogP contribution in [0.4, 0.5) is 0 Å². The van der Waals surface area contributed by atoms with Gasteiger partial charge in [0.05, 0.1) is 10.7 Å². The van der Waals surface area contributed by atoms with Crippen molar-refractivity contribution < 1.29 is 0 Å². The summed E-state index contributed by atoms with van der Waals surface area (Å²) in [5, 5.41) is 9.85. The van der Waals surface area contributed by atoms with Crippen molar-refractivity contribution in [1.29, 1.82) is 0 Å². The summed E-state index contributed by atoms with van der Waals surface area (Å²) in [6, 6.07) is 20.9. The Bertz CT molecular complexity index is 1080. The van der Waals surface area contributed by atoms with Gasteiger partial charge in [-0.05, 0) is 53.9 Å². The van der Waals surface area contributed by atoms with E-state index in [1.165, 1.54) is 22.3 Å². The molecule has 0 saturated carbocycles. The topological polar surface area (TPSA) is 29.9 Å². The first kappa shape index (κ1) is 17.8. The lowest BCUT2D eigenvalue weighted by Crippen LogP contribution is -2.11. The molecule has 0 aliphatic rings. The fraction of sp³-hybridized carbons (Fsp3) is 0.174. The Morgan fingerprint density at radius 3 is 2.63 bits per heavy atom. The lowest BCUT2D eigenvalue weighted by molar-refractivity contribution is 0.727. The summed E-state index contributed by atoms with van der Waals surface area (Å²) < 4.78 is 1.94. The van der Waals surface area contributed by atoms with Crippen LogP contribution >= 0.6 is 11.6 Å². The quantitative estimate of drug-likeness (QED) is 0.480. The van der Waals surface area contributed by atoms with Gasteiger partial charge in [-0.3, -0.25) is 0 Å². The molecule has 0 bridgehead atoms. The fourth-order valence-corrected chi connectivity index (χ4v) is 3.73. The molecule has 27 heavy (non-hydrogen) atoms. The van der Waals surface area contributed by atoms with Gasteiger partial charge in [-0.1, -0.05) is 61.0 Å². The minimum Gasteiger partial charge on any atom is -0.313 e. The average molecular weight is 376 g/mol. The maximum Gasteiger partial charge on any atom is 0.111 e. The third-order valence-corrected chi connectivity index (χ3v) is 5.13. The number of halogens is 1. The second-order valence-corrected chi connectivity index (χ2v) is 7.09. The van der Waals surface area contributed by atoms with E-state index in [4.69, 9.17) is 16.7 Å². The summed E-state index contributed by atoms with van der Waals surface area (Å²) in [5.41, 5.74) is 6.69.